The van der Waals surface area contributed by atoms with Crippen LogP contribution >= 0.6 is 0 Å². The first-order valence-corrected chi connectivity index (χ1v) is 5.07. The minimum Gasteiger partial charge on any atom is -0.478 e. The van der Waals surface area contributed by atoms with Crippen LogP contribution in [0.1, 0.15) is 36.7 Å². The second-order valence-electron chi connectivity index (χ2n) is 4.65. The molecule has 16 heavy (non-hydrogen) atoms. The fourth-order valence-corrected chi connectivity index (χ4v) is 1.12. The molecule has 2 N–H and O–H groups in total. The van der Waals surface area contributed by atoms with Crippen molar-refractivity contribution < 1.29 is 14.7 Å². The summed E-state index contributed by atoms with van der Waals surface area (Å²) in [5.41, 5.74) is 4.42. The van der Waals surface area contributed by atoms with Crippen LogP contribution in [0.15, 0.2) is 18.2 Å². The average molecular weight is 223 g/mol. The zero-order valence-corrected chi connectivity index (χ0v) is 10.00. The smallest absolute Gasteiger partial charge is 0.335 e. The van der Waals surface area contributed by atoms with Crippen molar-refractivity contribution in [2.45, 2.75) is 33.3 Å². The van der Waals surface area contributed by atoms with Crippen molar-refractivity contribution in [3.05, 3.63) is 29.3 Å². The SMILES string of the molecule is Cc1cc(C(=O)O)ccc1NOC(C)(C)C. The van der Waals surface area contributed by atoms with E-state index in [0.717, 1.165) is 11.3 Å². The van der Waals surface area contributed by atoms with Gasteiger partial charge in [0.25, 0.3) is 0 Å². The molecule has 0 saturated heterocycles. The van der Waals surface area contributed by atoms with Gasteiger partial charge in [-0.1, -0.05) is 0 Å². The highest BCUT2D eigenvalue weighted by atomic mass is 16.7. The lowest BCUT2D eigenvalue weighted by Gasteiger charge is -2.20. The van der Waals surface area contributed by atoms with Crippen molar-refractivity contribution in [2.24, 2.45) is 0 Å². The van der Waals surface area contributed by atoms with Crippen LogP contribution < -0.4 is 5.48 Å². The van der Waals surface area contributed by atoms with Gasteiger partial charge in [0.05, 0.1) is 16.9 Å². The van der Waals surface area contributed by atoms with E-state index in [1.165, 1.54) is 0 Å². The molecule has 1 aromatic rings. The minimum atomic E-state index is -0.925. The molecule has 0 bridgehead atoms. The molecule has 0 fully saturated rings. The molecule has 0 spiro atoms. The number of nitrogens with one attached hydrogen (secondary N) is 1. The molecule has 88 valence electrons. The van der Waals surface area contributed by atoms with Crippen LogP contribution in [-0.4, -0.2) is 16.7 Å². The van der Waals surface area contributed by atoms with Crippen LogP contribution in [0.4, 0.5) is 5.69 Å². The third-order valence-corrected chi connectivity index (χ3v) is 1.94. The second-order valence-corrected chi connectivity index (χ2v) is 4.65. The van der Waals surface area contributed by atoms with E-state index >= 15 is 0 Å². The highest BCUT2D eigenvalue weighted by molar-refractivity contribution is 5.88. The predicted molar refractivity (Wildman–Crippen MR) is 62.6 cm³/mol. The Morgan fingerprint density at radius 2 is 2.00 bits per heavy atom. The maximum absolute atomic E-state index is 10.7. The number of carboxylic acid groups (broad SMARTS) is 1. The zero-order chi connectivity index (χ0) is 12.3. The summed E-state index contributed by atoms with van der Waals surface area (Å²) in [6, 6.07) is 4.85. The fourth-order valence-electron chi connectivity index (χ4n) is 1.12. The van der Waals surface area contributed by atoms with Crippen molar-refractivity contribution in [3.8, 4) is 0 Å². The Hall–Kier alpha value is -1.55. The van der Waals surface area contributed by atoms with Gasteiger partial charge in [-0.05, 0) is 51.5 Å². The van der Waals surface area contributed by atoms with Gasteiger partial charge in [0.2, 0.25) is 0 Å². The molecule has 0 aromatic heterocycles. The average Bonchev–Trinajstić information content (AvgIpc) is 2.14. The molecule has 0 aliphatic rings. The fraction of sp³-hybridized carbons (Fsp3) is 0.417. The molecule has 0 aliphatic heterocycles. The molecule has 0 radical (unpaired) electrons. The van der Waals surface area contributed by atoms with E-state index in [2.05, 4.69) is 5.48 Å². The summed E-state index contributed by atoms with van der Waals surface area (Å²) in [7, 11) is 0. The summed E-state index contributed by atoms with van der Waals surface area (Å²) in [5.74, 6) is -0.925. The lowest BCUT2D eigenvalue weighted by molar-refractivity contribution is 0.0373. The standard InChI is InChI=1S/C12H17NO3/c1-8-7-9(11(14)15)5-6-10(8)13-16-12(2,3)4/h5-7,13H,1-4H3,(H,14,15). The predicted octanol–water partition coefficient (Wildman–Crippen LogP) is 2.84. The highest BCUT2D eigenvalue weighted by Gasteiger charge is 2.12. The summed E-state index contributed by atoms with van der Waals surface area (Å²) in [5, 5.41) is 8.81. The van der Waals surface area contributed by atoms with E-state index in [9.17, 15) is 4.79 Å². The van der Waals surface area contributed by atoms with Crippen LogP contribution in [0.5, 0.6) is 0 Å². The first kappa shape index (κ1) is 12.5. The largest absolute Gasteiger partial charge is 0.478 e. The molecule has 0 amide bonds. The van der Waals surface area contributed by atoms with Crippen molar-refractivity contribution in [1.82, 2.24) is 0 Å². The van der Waals surface area contributed by atoms with Crippen molar-refractivity contribution >= 4 is 11.7 Å². The van der Waals surface area contributed by atoms with E-state index in [4.69, 9.17) is 9.94 Å². The first-order valence-electron chi connectivity index (χ1n) is 5.07. The Kier molecular flexibility index (Phi) is 3.55. The van der Waals surface area contributed by atoms with Crippen molar-refractivity contribution in [3.63, 3.8) is 0 Å². The summed E-state index contributed by atoms with van der Waals surface area (Å²) >= 11 is 0. The maximum Gasteiger partial charge on any atom is 0.335 e. The summed E-state index contributed by atoms with van der Waals surface area (Å²) in [4.78, 5) is 16.1. The Labute approximate surface area is 95.2 Å². The number of rotatable bonds is 3. The highest BCUT2D eigenvalue weighted by Crippen LogP contribution is 2.18. The number of carbonyl (C=O) groups is 1. The number of anilines is 1. The molecule has 0 saturated carbocycles. The van der Waals surface area contributed by atoms with Gasteiger partial charge in [-0.25, -0.2) is 4.79 Å². The maximum atomic E-state index is 10.7. The summed E-state index contributed by atoms with van der Waals surface area (Å²) < 4.78 is 0. The minimum absolute atomic E-state index is 0.277. The topological polar surface area (TPSA) is 58.6 Å². The van der Waals surface area contributed by atoms with Gasteiger partial charge in [-0.3, -0.25) is 10.3 Å². The summed E-state index contributed by atoms with van der Waals surface area (Å²) in [6.45, 7) is 7.63. The van der Waals surface area contributed by atoms with Gasteiger partial charge in [0, 0.05) is 0 Å². The van der Waals surface area contributed by atoms with E-state index < -0.39 is 5.97 Å². The van der Waals surface area contributed by atoms with Crippen LogP contribution in [-0.2, 0) is 4.84 Å². The molecule has 0 atom stereocenters. The number of hydrogen-bond donors (Lipinski definition) is 2. The number of aryl methyl sites for hydroxylation is 1. The molecular formula is C12H17NO3. The Morgan fingerprint density at radius 1 is 1.38 bits per heavy atom. The Bertz CT molecular complexity index is 394. The third-order valence-electron chi connectivity index (χ3n) is 1.94. The van der Waals surface area contributed by atoms with Crippen LogP contribution in [0.25, 0.3) is 0 Å². The van der Waals surface area contributed by atoms with Gasteiger partial charge in [0.1, 0.15) is 0 Å². The summed E-state index contributed by atoms with van der Waals surface area (Å²) in [6.07, 6.45) is 0. The number of aromatic carboxylic acids is 1. The van der Waals surface area contributed by atoms with Gasteiger partial charge >= 0.3 is 5.97 Å². The van der Waals surface area contributed by atoms with E-state index in [-0.39, 0.29) is 11.2 Å². The molecule has 1 aromatic carbocycles. The lowest BCUT2D eigenvalue weighted by atomic mass is 10.1. The molecule has 4 heteroatoms. The first-order chi connectivity index (χ1) is 7.29. The van der Waals surface area contributed by atoms with Crippen molar-refractivity contribution in [2.75, 3.05) is 5.48 Å². The Morgan fingerprint density at radius 3 is 2.44 bits per heavy atom. The van der Waals surface area contributed by atoms with Crippen LogP contribution in [0.3, 0.4) is 0 Å². The monoisotopic (exact) mass is 223 g/mol. The van der Waals surface area contributed by atoms with Crippen molar-refractivity contribution in [1.29, 1.82) is 0 Å². The lowest BCUT2D eigenvalue weighted by Crippen LogP contribution is -2.23. The normalized spacial score (nSPS) is 11.2. The molecule has 1 rings (SSSR count). The van der Waals surface area contributed by atoms with Gasteiger partial charge < -0.3 is 5.11 Å². The van der Waals surface area contributed by atoms with Gasteiger partial charge in [0.15, 0.2) is 0 Å². The van der Waals surface area contributed by atoms with E-state index in [0.29, 0.717) is 0 Å². The van der Waals surface area contributed by atoms with E-state index in [1.54, 1.807) is 18.2 Å². The van der Waals surface area contributed by atoms with Crippen LogP contribution in [0, 0.1) is 6.92 Å². The quantitative estimate of drug-likeness (QED) is 0.773. The molecular weight excluding hydrogens is 206 g/mol. The Balaban J connectivity index is 2.80. The van der Waals surface area contributed by atoms with Gasteiger partial charge in [-0.15, -0.1) is 0 Å². The number of benzene rings is 1. The second kappa shape index (κ2) is 4.53. The van der Waals surface area contributed by atoms with Crippen LogP contribution in [0.2, 0.25) is 0 Å². The van der Waals surface area contributed by atoms with Gasteiger partial charge in [-0.2, -0.15) is 0 Å². The van der Waals surface area contributed by atoms with E-state index in [1.807, 2.05) is 27.7 Å². The molecule has 0 aliphatic carbocycles. The zero-order valence-electron chi connectivity index (χ0n) is 10.00. The number of carboxylic acids is 1. The number of hydrogen-bond acceptors (Lipinski definition) is 3. The molecule has 4 nitrogen and oxygen atoms in total. The third kappa shape index (κ3) is 3.55. The molecule has 0 heterocycles. The molecule has 0 unspecified atom stereocenters.